The van der Waals surface area contributed by atoms with Gasteiger partial charge in [-0.15, -0.1) is 11.3 Å². The van der Waals surface area contributed by atoms with Crippen LogP contribution in [0.1, 0.15) is 32.1 Å². The molecule has 0 atom stereocenters. The Labute approximate surface area is 113 Å². The number of carbonyl (C=O) groups is 2. The molecule has 0 unspecified atom stereocenters. The lowest BCUT2D eigenvalue weighted by atomic mass is 10.1. The van der Waals surface area contributed by atoms with Gasteiger partial charge in [0.2, 0.25) is 0 Å². The third-order valence-corrected chi connectivity index (χ3v) is 3.42. The van der Waals surface area contributed by atoms with Crippen LogP contribution in [-0.4, -0.2) is 22.0 Å². The summed E-state index contributed by atoms with van der Waals surface area (Å²) in [5.74, 6) is -1.41. The summed E-state index contributed by atoms with van der Waals surface area (Å²) in [4.78, 5) is 27.2. The number of nitrogens with one attached hydrogen (secondary N) is 1. The minimum Gasteiger partial charge on any atom is -0.478 e. The molecule has 0 radical (unpaired) electrons. The number of hydrogen-bond acceptors (Lipinski definition) is 4. The number of rotatable bonds is 3. The number of anilines is 1. The summed E-state index contributed by atoms with van der Waals surface area (Å²) in [5, 5.41) is 13.5. The van der Waals surface area contributed by atoms with Gasteiger partial charge in [0.05, 0.1) is 16.8 Å². The summed E-state index contributed by atoms with van der Waals surface area (Å²) in [5.41, 5.74) is 1.98. The molecule has 6 heteroatoms. The Morgan fingerprint density at radius 2 is 1.95 bits per heavy atom. The van der Waals surface area contributed by atoms with E-state index in [1.165, 1.54) is 17.4 Å². The van der Waals surface area contributed by atoms with E-state index < -0.39 is 5.97 Å². The summed E-state index contributed by atoms with van der Waals surface area (Å²) < 4.78 is 0. The van der Waals surface area contributed by atoms with Crippen LogP contribution in [0.5, 0.6) is 0 Å². The average molecular weight is 276 g/mol. The van der Waals surface area contributed by atoms with Crippen LogP contribution in [0.15, 0.2) is 23.6 Å². The smallest absolute Gasteiger partial charge is 0.338 e. The van der Waals surface area contributed by atoms with Crippen LogP contribution in [0.3, 0.4) is 0 Å². The Morgan fingerprint density at radius 1 is 1.21 bits per heavy atom. The zero-order chi connectivity index (χ0) is 14.0. The fourth-order valence-corrected chi connectivity index (χ4v) is 2.45. The maximum Gasteiger partial charge on any atom is 0.338 e. The van der Waals surface area contributed by atoms with E-state index in [0.29, 0.717) is 16.3 Å². The number of amides is 1. The van der Waals surface area contributed by atoms with Crippen molar-refractivity contribution in [2.24, 2.45) is 0 Å². The highest BCUT2D eigenvalue weighted by atomic mass is 32.1. The number of aryl methyl sites for hydroxylation is 2. The quantitative estimate of drug-likeness (QED) is 0.903. The highest BCUT2D eigenvalue weighted by Crippen LogP contribution is 2.24. The minimum absolute atomic E-state index is 0.0936. The number of nitrogens with zero attached hydrogens (tertiary/aromatic N) is 1. The largest absolute Gasteiger partial charge is 0.478 e. The first kappa shape index (κ1) is 13.2. The van der Waals surface area contributed by atoms with Crippen molar-refractivity contribution in [2.75, 3.05) is 5.32 Å². The van der Waals surface area contributed by atoms with Crippen molar-refractivity contribution >= 4 is 28.2 Å². The summed E-state index contributed by atoms with van der Waals surface area (Å²) in [6, 6.07) is 4.89. The van der Waals surface area contributed by atoms with Gasteiger partial charge in [-0.05, 0) is 37.4 Å². The van der Waals surface area contributed by atoms with Gasteiger partial charge in [0.25, 0.3) is 5.91 Å². The lowest BCUT2D eigenvalue weighted by Crippen LogP contribution is -2.15. The number of aromatic carboxylic acids is 1. The second-order valence-electron chi connectivity index (χ2n) is 4.01. The second kappa shape index (κ2) is 5.19. The van der Waals surface area contributed by atoms with Crippen LogP contribution < -0.4 is 5.32 Å². The van der Waals surface area contributed by atoms with Crippen LogP contribution in [0.25, 0.3) is 0 Å². The van der Waals surface area contributed by atoms with Crippen molar-refractivity contribution in [1.82, 2.24) is 4.98 Å². The molecule has 2 rings (SSSR count). The Bertz CT molecular complexity index is 649. The standard InChI is InChI=1S/C13H12N2O3S/c1-7-3-4-9(8(2)14-7)11(16)15-12-10(13(17)18)5-6-19-12/h3-6H,1-2H3,(H,15,16)(H,17,18). The zero-order valence-corrected chi connectivity index (χ0v) is 11.2. The predicted molar refractivity (Wildman–Crippen MR) is 72.9 cm³/mol. The van der Waals surface area contributed by atoms with E-state index in [9.17, 15) is 9.59 Å². The molecule has 2 heterocycles. The number of carboxylic acids is 1. The lowest BCUT2D eigenvalue weighted by Gasteiger charge is -2.07. The first-order chi connectivity index (χ1) is 8.99. The van der Waals surface area contributed by atoms with E-state index in [4.69, 9.17) is 5.11 Å². The Kier molecular flexibility index (Phi) is 3.62. The molecular weight excluding hydrogens is 264 g/mol. The van der Waals surface area contributed by atoms with E-state index in [0.717, 1.165) is 5.69 Å². The zero-order valence-electron chi connectivity index (χ0n) is 10.4. The fourth-order valence-electron chi connectivity index (χ4n) is 1.67. The van der Waals surface area contributed by atoms with Crippen molar-refractivity contribution in [3.63, 3.8) is 0 Å². The molecule has 5 nitrogen and oxygen atoms in total. The molecule has 0 aromatic carbocycles. The van der Waals surface area contributed by atoms with Crippen LogP contribution in [-0.2, 0) is 0 Å². The van der Waals surface area contributed by atoms with Gasteiger partial charge in [0, 0.05) is 5.69 Å². The van der Waals surface area contributed by atoms with Gasteiger partial charge < -0.3 is 10.4 Å². The van der Waals surface area contributed by atoms with E-state index in [-0.39, 0.29) is 11.5 Å². The Morgan fingerprint density at radius 3 is 2.58 bits per heavy atom. The number of aromatic nitrogens is 1. The molecule has 0 aliphatic carbocycles. The van der Waals surface area contributed by atoms with Crippen molar-refractivity contribution in [2.45, 2.75) is 13.8 Å². The molecule has 0 spiro atoms. The summed E-state index contributed by atoms with van der Waals surface area (Å²) in [6.45, 7) is 3.59. The van der Waals surface area contributed by atoms with Gasteiger partial charge in [0.1, 0.15) is 5.00 Å². The number of carboxylic acid groups (broad SMARTS) is 1. The van der Waals surface area contributed by atoms with Crippen molar-refractivity contribution in [1.29, 1.82) is 0 Å². The topological polar surface area (TPSA) is 79.3 Å². The molecule has 19 heavy (non-hydrogen) atoms. The van der Waals surface area contributed by atoms with Crippen LogP contribution >= 0.6 is 11.3 Å². The van der Waals surface area contributed by atoms with Gasteiger partial charge in [-0.1, -0.05) is 0 Å². The lowest BCUT2D eigenvalue weighted by molar-refractivity contribution is 0.0698. The monoisotopic (exact) mass is 276 g/mol. The average Bonchev–Trinajstić information content (AvgIpc) is 2.76. The molecule has 0 saturated heterocycles. The van der Waals surface area contributed by atoms with Gasteiger partial charge in [-0.25, -0.2) is 4.79 Å². The van der Waals surface area contributed by atoms with Gasteiger partial charge >= 0.3 is 5.97 Å². The molecule has 0 bridgehead atoms. The molecule has 0 aliphatic heterocycles. The normalized spacial score (nSPS) is 10.2. The summed E-state index contributed by atoms with van der Waals surface area (Å²) >= 11 is 1.18. The van der Waals surface area contributed by atoms with Crippen LogP contribution in [0.2, 0.25) is 0 Å². The third-order valence-electron chi connectivity index (χ3n) is 2.59. The first-order valence-corrected chi connectivity index (χ1v) is 6.43. The van der Waals surface area contributed by atoms with Crippen LogP contribution in [0, 0.1) is 13.8 Å². The van der Waals surface area contributed by atoms with Crippen molar-refractivity contribution < 1.29 is 14.7 Å². The molecule has 2 N–H and O–H groups in total. The van der Waals surface area contributed by atoms with Crippen LogP contribution in [0.4, 0.5) is 5.00 Å². The van der Waals surface area contributed by atoms with E-state index in [1.54, 1.807) is 24.4 Å². The van der Waals surface area contributed by atoms with Crippen molar-refractivity contribution in [3.8, 4) is 0 Å². The van der Waals surface area contributed by atoms with E-state index in [2.05, 4.69) is 10.3 Å². The van der Waals surface area contributed by atoms with Gasteiger partial charge in [0.15, 0.2) is 0 Å². The second-order valence-corrected chi connectivity index (χ2v) is 4.92. The maximum atomic E-state index is 12.1. The number of thiophene rings is 1. The summed E-state index contributed by atoms with van der Waals surface area (Å²) in [6.07, 6.45) is 0. The Hall–Kier alpha value is -2.21. The van der Waals surface area contributed by atoms with E-state index in [1.807, 2.05) is 6.92 Å². The number of carbonyl (C=O) groups excluding carboxylic acids is 1. The molecule has 98 valence electrons. The molecule has 0 fully saturated rings. The van der Waals surface area contributed by atoms with Gasteiger partial charge in [-0.3, -0.25) is 9.78 Å². The molecule has 1 amide bonds. The maximum absolute atomic E-state index is 12.1. The highest BCUT2D eigenvalue weighted by molar-refractivity contribution is 7.14. The molecule has 0 aliphatic rings. The number of hydrogen-bond donors (Lipinski definition) is 2. The molecule has 2 aromatic rings. The molecular formula is C13H12N2O3S. The number of pyridine rings is 1. The van der Waals surface area contributed by atoms with Gasteiger partial charge in [-0.2, -0.15) is 0 Å². The first-order valence-electron chi connectivity index (χ1n) is 5.55. The minimum atomic E-state index is -1.06. The predicted octanol–water partition coefficient (Wildman–Crippen LogP) is 2.71. The SMILES string of the molecule is Cc1ccc(C(=O)Nc2sccc2C(=O)O)c(C)n1. The van der Waals surface area contributed by atoms with Crippen molar-refractivity contribution in [3.05, 3.63) is 46.1 Å². The molecule has 0 saturated carbocycles. The fraction of sp³-hybridized carbons (Fsp3) is 0.154. The third kappa shape index (κ3) is 2.79. The Balaban J connectivity index is 2.26. The highest BCUT2D eigenvalue weighted by Gasteiger charge is 2.16. The summed E-state index contributed by atoms with van der Waals surface area (Å²) in [7, 11) is 0. The van der Waals surface area contributed by atoms with E-state index >= 15 is 0 Å². The molecule has 2 aromatic heterocycles.